The van der Waals surface area contributed by atoms with Crippen LogP contribution in [-0.4, -0.2) is 26.9 Å². The summed E-state index contributed by atoms with van der Waals surface area (Å²) in [6.07, 6.45) is 3.03. The number of nitrogens with zero attached hydrogens (tertiary/aromatic N) is 3. The van der Waals surface area contributed by atoms with Gasteiger partial charge in [-0.3, -0.25) is 14.2 Å². The number of amides is 1. The minimum atomic E-state index is -0.277. The number of carbonyl (C=O) groups is 1. The summed E-state index contributed by atoms with van der Waals surface area (Å²) in [5.74, 6) is 1.07. The van der Waals surface area contributed by atoms with Gasteiger partial charge in [0.2, 0.25) is 5.91 Å². The fourth-order valence-corrected chi connectivity index (χ4v) is 4.13. The van der Waals surface area contributed by atoms with Crippen molar-refractivity contribution in [2.24, 2.45) is 5.92 Å². The molecule has 1 unspecified atom stereocenters. The Morgan fingerprint density at radius 2 is 1.75 bits per heavy atom. The first-order chi connectivity index (χ1) is 15.4. The van der Waals surface area contributed by atoms with E-state index in [0.29, 0.717) is 42.0 Å². The lowest BCUT2D eigenvalue weighted by molar-refractivity contribution is -0.134. The Morgan fingerprint density at radius 3 is 2.38 bits per heavy atom. The molecule has 0 fully saturated rings. The van der Waals surface area contributed by atoms with Crippen LogP contribution in [0.15, 0.2) is 53.3 Å². The van der Waals surface area contributed by atoms with Gasteiger partial charge in [0.1, 0.15) is 5.82 Å². The predicted octanol–water partition coefficient (Wildman–Crippen LogP) is 5.82. The largest absolute Gasteiger partial charge is 0.332 e. The Kier molecular flexibility index (Phi) is 7.84. The third-order valence-corrected chi connectivity index (χ3v) is 5.78. The van der Waals surface area contributed by atoms with Gasteiger partial charge in [-0.25, -0.2) is 4.98 Å². The second-order valence-electron chi connectivity index (χ2n) is 8.93. The number of hydrogen-bond acceptors (Lipinski definition) is 3. The molecule has 3 rings (SSSR count). The molecule has 5 heteroatoms. The molecule has 0 spiro atoms. The van der Waals surface area contributed by atoms with Crippen LogP contribution in [-0.2, 0) is 4.79 Å². The molecule has 0 bridgehead atoms. The van der Waals surface area contributed by atoms with Gasteiger partial charge in [0.25, 0.3) is 5.56 Å². The number of hydrogen-bond donors (Lipinski definition) is 0. The summed E-state index contributed by atoms with van der Waals surface area (Å²) in [6, 6.07) is 15.1. The average Bonchev–Trinajstić information content (AvgIpc) is 2.78. The zero-order valence-corrected chi connectivity index (χ0v) is 20.0. The number of benzene rings is 2. The van der Waals surface area contributed by atoms with E-state index in [1.54, 1.807) is 4.57 Å². The number of rotatable bonds is 9. The Hall–Kier alpha value is -2.95. The number of aryl methyl sites for hydroxylation is 1. The van der Waals surface area contributed by atoms with Gasteiger partial charge in [0, 0.05) is 13.0 Å². The van der Waals surface area contributed by atoms with Crippen molar-refractivity contribution in [3.63, 3.8) is 0 Å². The standard InChI is InChI=1S/C27H35N3O2/c1-6-8-13-25(31)29(18-19(3)4)24(7-2)26-28-23-12-10-9-11-22(23)27(32)30(26)21-16-14-20(5)15-17-21/h9-12,14-17,19,24H,6-8,13,18H2,1-5H3. The molecule has 2 aromatic carbocycles. The van der Waals surface area contributed by atoms with Crippen molar-refractivity contribution in [3.05, 3.63) is 70.3 Å². The highest BCUT2D eigenvalue weighted by Crippen LogP contribution is 2.28. The maximum absolute atomic E-state index is 13.7. The fraction of sp³-hybridized carbons (Fsp3) is 0.444. The zero-order chi connectivity index (χ0) is 23.3. The maximum Gasteiger partial charge on any atom is 0.266 e. The van der Waals surface area contributed by atoms with E-state index in [1.807, 2.05) is 60.4 Å². The monoisotopic (exact) mass is 433 g/mol. The molecular weight excluding hydrogens is 398 g/mol. The molecule has 0 saturated carbocycles. The van der Waals surface area contributed by atoms with Crippen molar-refractivity contribution in [3.8, 4) is 5.69 Å². The van der Waals surface area contributed by atoms with Crippen molar-refractivity contribution in [2.75, 3.05) is 6.54 Å². The Balaban J connectivity index is 2.25. The molecule has 5 nitrogen and oxygen atoms in total. The molecule has 1 heterocycles. The van der Waals surface area contributed by atoms with Crippen molar-refractivity contribution in [2.45, 2.75) is 66.3 Å². The topological polar surface area (TPSA) is 55.2 Å². The third-order valence-electron chi connectivity index (χ3n) is 5.78. The normalized spacial score (nSPS) is 12.3. The first kappa shape index (κ1) is 23.7. The van der Waals surface area contributed by atoms with E-state index < -0.39 is 0 Å². The van der Waals surface area contributed by atoms with E-state index in [9.17, 15) is 9.59 Å². The van der Waals surface area contributed by atoms with Gasteiger partial charge in [-0.1, -0.05) is 63.9 Å². The second kappa shape index (κ2) is 10.6. The average molecular weight is 434 g/mol. The van der Waals surface area contributed by atoms with Gasteiger partial charge in [-0.2, -0.15) is 0 Å². The van der Waals surface area contributed by atoms with Crippen LogP contribution >= 0.6 is 0 Å². The highest BCUT2D eigenvalue weighted by atomic mass is 16.2. The lowest BCUT2D eigenvalue weighted by Crippen LogP contribution is -2.40. The van der Waals surface area contributed by atoms with E-state index in [4.69, 9.17) is 4.98 Å². The molecule has 0 aliphatic heterocycles. The van der Waals surface area contributed by atoms with Crippen LogP contribution in [0, 0.1) is 12.8 Å². The predicted molar refractivity (Wildman–Crippen MR) is 131 cm³/mol. The van der Waals surface area contributed by atoms with Crippen LogP contribution in [0.4, 0.5) is 0 Å². The Labute approximate surface area is 191 Å². The van der Waals surface area contributed by atoms with Crippen LogP contribution in [0.2, 0.25) is 0 Å². The molecular formula is C27H35N3O2. The molecule has 0 aliphatic carbocycles. The summed E-state index contributed by atoms with van der Waals surface area (Å²) >= 11 is 0. The van der Waals surface area contributed by atoms with Gasteiger partial charge in [-0.05, 0) is 49.9 Å². The van der Waals surface area contributed by atoms with Crippen LogP contribution in [0.25, 0.3) is 16.6 Å². The van der Waals surface area contributed by atoms with Gasteiger partial charge in [0.15, 0.2) is 0 Å². The summed E-state index contributed by atoms with van der Waals surface area (Å²) in [4.78, 5) is 33.8. The van der Waals surface area contributed by atoms with E-state index in [2.05, 4.69) is 27.7 Å². The molecule has 1 aromatic heterocycles. The van der Waals surface area contributed by atoms with Crippen molar-refractivity contribution in [1.82, 2.24) is 14.5 Å². The first-order valence-electron chi connectivity index (χ1n) is 11.8. The molecule has 32 heavy (non-hydrogen) atoms. The summed E-state index contributed by atoms with van der Waals surface area (Å²) in [7, 11) is 0. The summed E-state index contributed by atoms with van der Waals surface area (Å²) in [5.41, 5.74) is 2.47. The zero-order valence-electron chi connectivity index (χ0n) is 20.0. The van der Waals surface area contributed by atoms with Crippen LogP contribution in [0.1, 0.15) is 70.8 Å². The van der Waals surface area contributed by atoms with E-state index in [-0.39, 0.29) is 17.5 Å². The van der Waals surface area contributed by atoms with Crippen molar-refractivity contribution >= 4 is 16.8 Å². The smallest absolute Gasteiger partial charge is 0.266 e. The SMILES string of the molecule is CCCCC(=O)N(CC(C)C)C(CC)c1nc2ccccc2c(=O)n1-c1ccc(C)cc1. The molecule has 1 atom stereocenters. The third kappa shape index (κ3) is 5.09. The lowest BCUT2D eigenvalue weighted by Gasteiger charge is -2.33. The Morgan fingerprint density at radius 1 is 1.06 bits per heavy atom. The first-order valence-corrected chi connectivity index (χ1v) is 11.8. The molecule has 3 aromatic rings. The highest BCUT2D eigenvalue weighted by molar-refractivity contribution is 5.79. The second-order valence-corrected chi connectivity index (χ2v) is 8.93. The van der Waals surface area contributed by atoms with Gasteiger partial charge >= 0.3 is 0 Å². The molecule has 170 valence electrons. The van der Waals surface area contributed by atoms with Crippen molar-refractivity contribution < 1.29 is 4.79 Å². The molecule has 0 saturated heterocycles. The van der Waals surface area contributed by atoms with E-state index in [0.717, 1.165) is 24.1 Å². The lowest BCUT2D eigenvalue weighted by atomic mass is 10.1. The molecule has 0 radical (unpaired) electrons. The number of fused-ring (bicyclic) bond motifs is 1. The van der Waals surface area contributed by atoms with Crippen LogP contribution < -0.4 is 5.56 Å². The summed E-state index contributed by atoms with van der Waals surface area (Å²) in [6.45, 7) is 11.1. The van der Waals surface area contributed by atoms with Crippen LogP contribution in [0.5, 0.6) is 0 Å². The number of aromatic nitrogens is 2. The number of unbranched alkanes of at least 4 members (excludes halogenated alkanes) is 1. The van der Waals surface area contributed by atoms with E-state index >= 15 is 0 Å². The molecule has 0 N–H and O–H groups in total. The number of carbonyl (C=O) groups excluding carboxylic acids is 1. The minimum Gasteiger partial charge on any atom is -0.332 e. The highest BCUT2D eigenvalue weighted by Gasteiger charge is 2.29. The minimum absolute atomic E-state index is 0.0987. The summed E-state index contributed by atoms with van der Waals surface area (Å²) in [5, 5.41) is 0.583. The molecule has 1 amide bonds. The quantitative estimate of drug-likeness (QED) is 0.427. The van der Waals surface area contributed by atoms with Crippen LogP contribution in [0.3, 0.4) is 0 Å². The summed E-state index contributed by atoms with van der Waals surface area (Å²) < 4.78 is 1.70. The maximum atomic E-state index is 13.7. The fourth-order valence-electron chi connectivity index (χ4n) is 4.13. The Bertz CT molecular complexity index is 1120. The van der Waals surface area contributed by atoms with Gasteiger partial charge in [0.05, 0.1) is 22.6 Å². The number of para-hydroxylation sites is 1. The van der Waals surface area contributed by atoms with Gasteiger partial charge in [-0.15, -0.1) is 0 Å². The van der Waals surface area contributed by atoms with E-state index in [1.165, 1.54) is 0 Å². The molecule has 0 aliphatic rings. The van der Waals surface area contributed by atoms with Gasteiger partial charge < -0.3 is 4.90 Å². The van der Waals surface area contributed by atoms with Crippen molar-refractivity contribution in [1.29, 1.82) is 0 Å².